The Morgan fingerprint density at radius 2 is 2.08 bits per heavy atom. The molecule has 0 amide bonds. The molecule has 0 aliphatic carbocycles. The van der Waals surface area contributed by atoms with Crippen LogP contribution in [-0.2, 0) is 0 Å². The van der Waals surface area contributed by atoms with Crippen LogP contribution in [0.5, 0.6) is 0 Å². The molecule has 1 N–H and O–H groups in total. The van der Waals surface area contributed by atoms with E-state index in [1.807, 2.05) is 24.3 Å². The fourth-order valence-electron chi connectivity index (χ4n) is 1.28. The van der Waals surface area contributed by atoms with Crippen LogP contribution in [0, 0.1) is 0 Å². The zero-order valence-electron chi connectivity index (χ0n) is 6.57. The maximum atomic E-state index is 8.82. The second-order valence-corrected chi connectivity index (χ2v) is 3.40. The summed E-state index contributed by atoms with van der Waals surface area (Å²) in [6, 6.07) is 8.00. The summed E-state index contributed by atoms with van der Waals surface area (Å²) in [4.78, 5) is 2.14. The molecule has 12 heavy (non-hydrogen) atoms. The number of hydrogen-bond acceptors (Lipinski definition) is 2. The molecule has 2 rings (SSSR count). The van der Waals surface area contributed by atoms with Crippen LogP contribution in [0.15, 0.2) is 24.3 Å². The lowest BCUT2D eigenvalue weighted by atomic mass is 10.3. The van der Waals surface area contributed by atoms with E-state index in [0.29, 0.717) is 6.04 Å². The van der Waals surface area contributed by atoms with Crippen LogP contribution in [0.25, 0.3) is 0 Å². The van der Waals surface area contributed by atoms with E-state index in [4.69, 9.17) is 16.7 Å². The number of nitrogens with zero attached hydrogens (tertiary/aromatic N) is 1. The van der Waals surface area contributed by atoms with E-state index in [1.54, 1.807) is 0 Å². The molecule has 0 radical (unpaired) electrons. The highest BCUT2D eigenvalue weighted by Crippen LogP contribution is 2.28. The molecule has 1 heterocycles. The van der Waals surface area contributed by atoms with Crippen molar-refractivity contribution < 1.29 is 5.11 Å². The Morgan fingerprint density at radius 1 is 1.42 bits per heavy atom. The molecule has 1 aromatic carbocycles. The lowest BCUT2D eigenvalue weighted by Gasteiger charge is -2.03. The maximum absolute atomic E-state index is 8.82. The van der Waals surface area contributed by atoms with Gasteiger partial charge in [-0.25, -0.2) is 0 Å². The van der Waals surface area contributed by atoms with Crippen molar-refractivity contribution in [2.24, 2.45) is 0 Å². The van der Waals surface area contributed by atoms with E-state index < -0.39 is 0 Å². The van der Waals surface area contributed by atoms with Gasteiger partial charge in [-0.3, -0.25) is 0 Å². The summed E-state index contributed by atoms with van der Waals surface area (Å²) >= 11 is 5.74. The normalized spacial score (nSPS) is 21.2. The molecule has 1 unspecified atom stereocenters. The summed E-state index contributed by atoms with van der Waals surface area (Å²) in [7, 11) is 0. The maximum Gasteiger partial charge on any atom is 0.0697 e. The fraction of sp³-hybridized carbons (Fsp3) is 0.333. The number of hydrogen-bond donors (Lipinski definition) is 1. The minimum atomic E-state index is 0.239. The Balaban J connectivity index is 2.10. The standard InChI is InChI=1S/C9H10ClNO/c10-7-1-3-8(4-2-7)11-5-9(11)6-12/h1-4,9,12H,5-6H2. The molecule has 1 aromatic rings. The van der Waals surface area contributed by atoms with Crippen molar-refractivity contribution in [2.45, 2.75) is 6.04 Å². The second kappa shape index (κ2) is 2.96. The van der Waals surface area contributed by atoms with Gasteiger partial charge in [-0.2, -0.15) is 0 Å². The van der Waals surface area contributed by atoms with E-state index in [-0.39, 0.29) is 6.61 Å². The Bertz CT molecular complexity index is 272. The SMILES string of the molecule is OCC1CN1c1ccc(Cl)cc1. The zero-order valence-corrected chi connectivity index (χ0v) is 7.33. The van der Waals surface area contributed by atoms with Crippen molar-refractivity contribution in [2.75, 3.05) is 18.1 Å². The molecule has 0 aromatic heterocycles. The predicted octanol–water partition coefficient (Wildman–Crippen LogP) is 1.52. The average molecular weight is 184 g/mol. The lowest BCUT2D eigenvalue weighted by molar-refractivity contribution is 0.300. The second-order valence-electron chi connectivity index (χ2n) is 2.97. The summed E-state index contributed by atoms with van der Waals surface area (Å²) < 4.78 is 0. The Labute approximate surface area is 76.4 Å². The van der Waals surface area contributed by atoms with Crippen LogP contribution in [0.1, 0.15) is 0 Å². The molecular weight excluding hydrogens is 174 g/mol. The molecular formula is C9H10ClNO. The highest BCUT2D eigenvalue weighted by molar-refractivity contribution is 6.30. The van der Waals surface area contributed by atoms with E-state index in [0.717, 1.165) is 17.3 Å². The summed E-state index contributed by atoms with van der Waals surface area (Å²) in [5.41, 5.74) is 1.14. The third-order valence-electron chi connectivity index (χ3n) is 2.08. The predicted molar refractivity (Wildman–Crippen MR) is 49.7 cm³/mol. The van der Waals surface area contributed by atoms with Crippen molar-refractivity contribution in [1.82, 2.24) is 0 Å². The van der Waals surface area contributed by atoms with Crippen molar-refractivity contribution in [1.29, 1.82) is 0 Å². The Kier molecular flexibility index (Phi) is 1.95. The van der Waals surface area contributed by atoms with Crippen LogP contribution < -0.4 is 4.90 Å². The van der Waals surface area contributed by atoms with Gasteiger partial charge < -0.3 is 10.0 Å². The first-order valence-corrected chi connectivity index (χ1v) is 4.32. The quantitative estimate of drug-likeness (QED) is 0.703. The highest BCUT2D eigenvalue weighted by atomic mass is 35.5. The topological polar surface area (TPSA) is 23.2 Å². The van der Waals surface area contributed by atoms with Crippen molar-refractivity contribution in [3.63, 3.8) is 0 Å². The lowest BCUT2D eigenvalue weighted by Crippen LogP contribution is -2.02. The van der Waals surface area contributed by atoms with Gasteiger partial charge in [-0.1, -0.05) is 11.6 Å². The molecule has 1 fully saturated rings. The van der Waals surface area contributed by atoms with Crippen LogP contribution in [0.4, 0.5) is 5.69 Å². The summed E-state index contributed by atoms with van der Waals surface area (Å²) in [6.45, 7) is 1.20. The molecule has 2 nitrogen and oxygen atoms in total. The number of aliphatic hydroxyl groups excluding tert-OH is 1. The van der Waals surface area contributed by atoms with Gasteiger partial charge in [-0.05, 0) is 24.3 Å². The largest absolute Gasteiger partial charge is 0.394 e. The van der Waals surface area contributed by atoms with E-state index >= 15 is 0 Å². The first-order chi connectivity index (χ1) is 5.81. The molecule has 3 heteroatoms. The van der Waals surface area contributed by atoms with Crippen LogP contribution in [-0.4, -0.2) is 24.3 Å². The molecule has 1 aliphatic rings. The zero-order chi connectivity index (χ0) is 8.55. The summed E-state index contributed by atoms with van der Waals surface area (Å²) in [5, 5.41) is 9.58. The van der Waals surface area contributed by atoms with E-state index in [2.05, 4.69) is 4.90 Å². The van der Waals surface area contributed by atoms with Crippen molar-refractivity contribution in [3.05, 3.63) is 29.3 Å². The number of benzene rings is 1. The van der Waals surface area contributed by atoms with Gasteiger partial charge in [0.25, 0.3) is 0 Å². The molecule has 1 atom stereocenters. The minimum absolute atomic E-state index is 0.239. The van der Waals surface area contributed by atoms with Gasteiger partial charge in [0.2, 0.25) is 0 Å². The molecule has 0 saturated carbocycles. The van der Waals surface area contributed by atoms with Gasteiger partial charge in [0.05, 0.1) is 12.6 Å². The van der Waals surface area contributed by atoms with Gasteiger partial charge in [0, 0.05) is 17.3 Å². The van der Waals surface area contributed by atoms with Gasteiger partial charge >= 0.3 is 0 Å². The highest BCUT2D eigenvalue weighted by Gasteiger charge is 2.32. The summed E-state index contributed by atoms with van der Waals surface area (Å²) in [5.74, 6) is 0. The smallest absolute Gasteiger partial charge is 0.0697 e. The third-order valence-corrected chi connectivity index (χ3v) is 2.34. The first-order valence-electron chi connectivity index (χ1n) is 3.94. The van der Waals surface area contributed by atoms with Crippen molar-refractivity contribution >= 4 is 17.3 Å². The third kappa shape index (κ3) is 1.40. The fourth-order valence-corrected chi connectivity index (χ4v) is 1.41. The van der Waals surface area contributed by atoms with Crippen molar-refractivity contribution in [3.8, 4) is 0 Å². The van der Waals surface area contributed by atoms with E-state index in [9.17, 15) is 0 Å². The Hall–Kier alpha value is -0.730. The van der Waals surface area contributed by atoms with E-state index in [1.165, 1.54) is 0 Å². The summed E-state index contributed by atoms with van der Waals surface area (Å²) in [6.07, 6.45) is 0. The Morgan fingerprint density at radius 3 is 2.58 bits per heavy atom. The first kappa shape index (κ1) is 7.90. The minimum Gasteiger partial charge on any atom is -0.394 e. The van der Waals surface area contributed by atoms with Crippen LogP contribution in [0.3, 0.4) is 0 Å². The van der Waals surface area contributed by atoms with Crippen LogP contribution >= 0.6 is 11.6 Å². The number of aliphatic hydroxyl groups is 1. The number of anilines is 1. The number of halogens is 1. The molecule has 64 valence electrons. The van der Waals surface area contributed by atoms with Gasteiger partial charge in [0.15, 0.2) is 0 Å². The molecule has 1 aliphatic heterocycles. The molecule has 0 bridgehead atoms. The van der Waals surface area contributed by atoms with Gasteiger partial charge in [-0.15, -0.1) is 0 Å². The molecule has 1 saturated heterocycles. The monoisotopic (exact) mass is 183 g/mol. The molecule has 0 spiro atoms. The average Bonchev–Trinajstić information content (AvgIpc) is 2.85. The van der Waals surface area contributed by atoms with Gasteiger partial charge in [0.1, 0.15) is 0 Å². The number of rotatable bonds is 2. The van der Waals surface area contributed by atoms with Crippen LogP contribution in [0.2, 0.25) is 5.02 Å².